The summed E-state index contributed by atoms with van der Waals surface area (Å²) in [4.78, 5) is 20.6. The first-order chi connectivity index (χ1) is 11.2. The number of carbonyl (C=O) groups excluding carboxylic acids is 1. The van der Waals surface area contributed by atoms with Gasteiger partial charge in [0.05, 0.1) is 11.2 Å². The van der Waals surface area contributed by atoms with Gasteiger partial charge in [-0.1, -0.05) is 12.8 Å². The molecule has 1 fully saturated rings. The normalized spacial score (nSPS) is 15.0. The van der Waals surface area contributed by atoms with E-state index < -0.39 is 0 Å². The Morgan fingerprint density at radius 1 is 1.26 bits per heavy atom. The third-order valence-electron chi connectivity index (χ3n) is 4.26. The van der Waals surface area contributed by atoms with Crippen molar-refractivity contribution < 1.29 is 4.79 Å². The van der Waals surface area contributed by atoms with E-state index in [0.29, 0.717) is 25.4 Å². The monoisotopic (exact) mass is 376 g/mol. The Kier molecular flexibility index (Phi) is 5.43. The predicted octanol–water partition coefficient (Wildman–Crippen LogP) is 3.50. The van der Waals surface area contributed by atoms with Gasteiger partial charge >= 0.3 is 0 Å². The van der Waals surface area contributed by atoms with Crippen molar-refractivity contribution in [3.8, 4) is 0 Å². The van der Waals surface area contributed by atoms with Crippen LogP contribution < -0.4 is 10.6 Å². The van der Waals surface area contributed by atoms with E-state index in [4.69, 9.17) is 0 Å². The molecule has 0 radical (unpaired) electrons. The molecular weight excluding hydrogens is 356 g/mol. The fourth-order valence-electron chi connectivity index (χ4n) is 3.10. The SMILES string of the molecule is O=C(CC1CCCC1)NCCNc1ccnc2cc(Br)cnc12. The molecule has 1 amide bonds. The summed E-state index contributed by atoms with van der Waals surface area (Å²) in [5, 5.41) is 6.32. The molecule has 2 N–H and O–H groups in total. The molecule has 3 rings (SSSR count). The maximum absolute atomic E-state index is 11.9. The second-order valence-electron chi connectivity index (χ2n) is 6.01. The lowest BCUT2D eigenvalue weighted by atomic mass is 10.0. The fraction of sp³-hybridized carbons (Fsp3) is 0.471. The van der Waals surface area contributed by atoms with Crippen molar-refractivity contribution in [3.05, 3.63) is 29.0 Å². The first kappa shape index (κ1) is 16.2. The quantitative estimate of drug-likeness (QED) is 0.757. The average molecular weight is 377 g/mol. The van der Waals surface area contributed by atoms with Gasteiger partial charge in [-0.15, -0.1) is 0 Å². The second-order valence-corrected chi connectivity index (χ2v) is 6.93. The van der Waals surface area contributed by atoms with Gasteiger partial charge in [0.1, 0.15) is 5.52 Å². The molecule has 122 valence electrons. The van der Waals surface area contributed by atoms with Crippen LogP contribution in [-0.2, 0) is 4.79 Å². The number of nitrogens with zero attached hydrogens (tertiary/aromatic N) is 2. The van der Waals surface area contributed by atoms with Crippen molar-refractivity contribution in [3.63, 3.8) is 0 Å². The van der Waals surface area contributed by atoms with Gasteiger partial charge in [0, 0.05) is 36.4 Å². The number of pyridine rings is 2. The van der Waals surface area contributed by atoms with Gasteiger partial charge in [0.25, 0.3) is 0 Å². The summed E-state index contributed by atoms with van der Waals surface area (Å²) in [5.41, 5.74) is 2.62. The summed E-state index contributed by atoms with van der Waals surface area (Å²) in [6.45, 7) is 1.29. The molecule has 1 aliphatic rings. The van der Waals surface area contributed by atoms with Crippen LogP contribution in [0.3, 0.4) is 0 Å². The van der Waals surface area contributed by atoms with E-state index in [1.54, 1.807) is 12.4 Å². The molecule has 0 atom stereocenters. The zero-order valence-corrected chi connectivity index (χ0v) is 14.6. The van der Waals surface area contributed by atoms with Gasteiger partial charge in [-0.05, 0) is 46.8 Å². The van der Waals surface area contributed by atoms with Gasteiger partial charge in [-0.25, -0.2) is 0 Å². The summed E-state index contributed by atoms with van der Waals surface area (Å²) in [6.07, 6.45) is 9.16. The second kappa shape index (κ2) is 7.73. The summed E-state index contributed by atoms with van der Waals surface area (Å²) >= 11 is 3.40. The maximum atomic E-state index is 11.9. The molecule has 0 aliphatic heterocycles. The van der Waals surface area contributed by atoms with Crippen LogP contribution in [0.25, 0.3) is 11.0 Å². The number of hydrogen-bond donors (Lipinski definition) is 2. The molecular formula is C17H21BrN4O. The third kappa shape index (κ3) is 4.41. The third-order valence-corrected chi connectivity index (χ3v) is 4.69. The van der Waals surface area contributed by atoms with E-state index in [2.05, 4.69) is 36.5 Å². The summed E-state index contributed by atoms with van der Waals surface area (Å²) < 4.78 is 0.911. The van der Waals surface area contributed by atoms with Crippen LogP contribution in [-0.4, -0.2) is 29.0 Å². The molecule has 2 aromatic rings. The Morgan fingerprint density at radius 2 is 2.09 bits per heavy atom. The smallest absolute Gasteiger partial charge is 0.220 e. The first-order valence-electron chi connectivity index (χ1n) is 8.13. The Labute approximate surface area is 144 Å². The Balaban J connectivity index is 1.48. The number of aromatic nitrogens is 2. The highest BCUT2D eigenvalue weighted by atomic mass is 79.9. The highest BCUT2D eigenvalue weighted by Crippen LogP contribution is 2.27. The Bertz CT molecular complexity index is 685. The molecule has 2 aromatic heterocycles. The predicted molar refractivity (Wildman–Crippen MR) is 95.3 cm³/mol. The number of carbonyl (C=O) groups is 1. The minimum absolute atomic E-state index is 0.167. The highest BCUT2D eigenvalue weighted by Gasteiger charge is 2.17. The van der Waals surface area contributed by atoms with Gasteiger partial charge in [-0.3, -0.25) is 14.8 Å². The molecule has 1 saturated carbocycles. The van der Waals surface area contributed by atoms with Crippen molar-refractivity contribution in [2.24, 2.45) is 5.92 Å². The minimum atomic E-state index is 0.167. The molecule has 2 heterocycles. The van der Waals surface area contributed by atoms with Gasteiger partial charge in [0.2, 0.25) is 5.91 Å². The van der Waals surface area contributed by atoms with Crippen LogP contribution in [0, 0.1) is 5.92 Å². The van der Waals surface area contributed by atoms with Crippen LogP contribution in [0.1, 0.15) is 32.1 Å². The van der Waals surface area contributed by atoms with Crippen molar-refractivity contribution in [1.29, 1.82) is 0 Å². The molecule has 23 heavy (non-hydrogen) atoms. The van der Waals surface area contributed by atoms with Crippen LogP contribution in [0.4, 0.5) is 5.69 Å². The number of hydrogen-bond acceptors (Lipinski definition) is 4. The van der Waals surface area contributed by atoms with Crippen molar-refractivity contribution >= 4 is 38.6 Å². The number of amides is 1. The standard InChI is InChI=1S/C17H21BrN4O/c18-13-10-15-17(22-11-13)14(5-6-19-15)20-7-8-21-16(23)9-12-3-1-2-4-12/h5-6,10-12H,1-4,7-9H2,(H,19,20)(H,21,23). The molecule has 0 bridgehead atoms. The van der Waals surface area contributed by atoms with E-state index >= 15 is 0 Å². The van der Waals surface area contributed by atoms with Gasteiger partial charge in [-0.2, -0.15) is 0 Å². The van der Waals surface area contributed by atoms with Crippen LogP contribution in [0.5, 0.6) is 0 Å². The molecule has 1 aliphatic carbocycles. The molecule has 0 unspecified atom stereocenters. The molecule has 5 nitrogen and oxygen atoms in total. The van der Waals surface area contributed by atoms with Crippen LogP contribution in [0.2, 0.25) is 0 Å². The van der Waals surface area contributed by atoms with Crippen LogP contribution in [0.15, 0.2) is 29.0 Å². The van der Waals surface area contributed by atoms with E-state index in [-0.39, 0.29) is 5.91 Å². The lowest BCUT2D eigenvalue weighted by Crippen LogP contribution is -2.29. The fourth-order valence-corrected chi connectivity index (χ4v) is 3.42. The Hall–Kier alpha value is -1.69. The maximum Gasteiger partial charge on any atom is 0.220 e. The number of nitrogens with one attached hydrogen (secondary N) is 2. The largest absolute Gasteiger partial charge is 0.381 e. The minimum Gasteiger partial charge on any atom is -0.381 e. The number of rotatable bonds is 6. The van der Waals surface area contributed by atoms with E-state index in [0.717, 1.165) is 21.2 Å². The van der Waals surface area contributed by atoms with Crippen molar-refractivity contribution in [2.75, 3.05) is 18.4 Å². The summed E-state index contributed by atoms with van der Waals surface area (Å²) in [6, 6.07) is 3.85. The summed E-state index contributed by atoms with van der Waals surface area (Å²) in [5.74, 6) is 0.759. The number of anilines is 1. The van der Waals surface area contributed by atoms with Crippen molar-refractivity contribution in [1.82, 2.24) is 15.3 Å². The highest BCUT2D eigenvalue weighted by molar-refractivity contribution is 9.10. The van der Waals surface area contributed by atoms with Gasteiger partial charge in [0.15, 0.2) is 0 Å². The zero-order chi connectivity index (χ0) is 16.1. The summed E-state index contributed by atoms with van der Waals surface area (Å²) in [7, 11) is 0. The topological polar surface area (TPSA) is 66.9 Å². The van der Waals surface area contributed by atoms with Gasteiger partial charge < -0.3 is 10.6 Å². The zero-order valence-electron chi connectivity index (χ0n) is 13.0. The number of halogens is 1. The number of fused-ring (bicyclic) bond motifs is 1. The average Bonchev–Trinajstić information content (AvgIpc) is 3.04. The molecule has 0 aromatic carbocycles. The molecule has 6 heteroatoms. The van der Waals surface area contributed by atoms with E-state index in [1.807, 2.05) is 12.1 Å². The van der Waals surface area contributed by atoms with Crippen molar-refractivity contribution in [2.45, 2.75) is 32.1 Å². The molecule has 0 spiro atoms. The lowest BCUT2D eigenvalue weighted by molar-refractivity contribution is -0.121. The Morgan fingerprint density at radius 3 is 2.91 bits per heavy atom. The van der Waals surface area contributed by atoms with Crippen LogP contribution >= 0.6 is 15.9 Å². The van der Waals surface area contributed by atoms with E-state index in [1.165, 1.54) is 25.7 Å². The first-order valence-corrected chi connectivity index (χ1v) is 8.92. The molecule has 0 saturated heterocycles. The lowest BCUT2D eigenvalue weighted by Gasteiger charge is -2.11. The van der Waals surface area contributed by atoms with E-state index in [9.17, 15) is 4.79 Å².